The zero-order valence-electron chi connectivity index (χ0n) is 12.5. The third kappa shape index (κ3) is 4.60. The summed E-state index contributed by atoms with van der Waals surface area (Å²) in [6, 6.07) is 14.8. The van der Waals surface area contributed by atoms with Gasteiger partial charge in [-0.3, -0.25) is 4.79 Å². The predicted molar refractivity (Wildman–Crippen MR) is 88.5 cm³/mol. The second-order valence-electron chi connectivity index (χ2n) is 4.79. The van der Waals surface area contributed by atoms with Crippen LogP contribution >= 0.6 is 11.6 Å². The van der Waals surface area contributed by atoms with Crippen LogP contribution in [0.15, 0.2) is 53.6 Å². The molecular weight excluding hydrogens is 300 g/mol. The van der Waals surface area contributed by atoms with Crippen molar-refractivity contribution in [1.82, 2.24) is 5.43 Å². The maximum Gasteiger partial charge on any atom is 0.277 e. The van der Waals surface area contributed by atoms with Crippen molar-refractivity contribution in [2.45, 2.75) is 13.8 Å². The van der Waals surface area contributed by atoms with Crippen molar-refractivity contribution < 1.29 is 9.53 Å². The van der Waals surface area contributed by atoms with Gasteiger partial charge in [0, 0.05) is 5.02 Å². The van der Waals surface area contributed by atoms with E-state index in [9.17, 15) is 4.79 Å². The van der Waals surface area contributed by atoms with Crippen LogP contribution in [0.5, 0.6) is 5.75 Å². The average Bonchev–Trinajstić information content (AvgIpc) is 2.52. The number of hydrazone groups is 1. The first-order chi connectivity index (χ1) is 10.6. The number of ether oxygens (including phenoxy) is 1. The van der Waals surface area contributed by atoms with Crippen molar-refractivity contribution >= 4 is 23.2 Å². The molecule has 0 fully saturated rings. The van der Waals surface area contributed by atoms with Gasteiger partial charge in [-0.2, -0.15) is 5.10 Å². The van der Waals surface area contributed by atoms with Gasteiger partial charge >= 0.3 is 0 Å². The fraction of sp³-hybridized carbons (Fsp3) is 0.176. The minimum Gasteiger partial charge on any atom is -0.483 e. The first-order valence-corrected chi connectivity index (χ1v) is 7.21. The number of aryl methyl sites for hydroxylation is 1. The summed E-state index contributed by atoms with van der Waals surface area (Å²) in [4.78, 5) is 11.8. The number of benzene rings is 2. The van der Waals surface area contributed by atoms with Gasteiger partial charge in [0.1, 0.15) is 5.75 Å². The van der Waals surface area contributed by atoms with E-state index in [2.05, 4.69) is 10.5 Å². The molecule has 2 aromatic rings. The van der Waals surface area contributed by atoms with Crippen molar-refractivity contribution in [1.29, 1.82) is 0 Å². The van der Waals surface area contributed by atoms with Gasteiger partial charge in [-0.05, 0) is 43.2 Å². The number of para-hydroxylation sites is 1. The van der Waals surface area contributed by atoms with Gasteiger partial charge in [-0.15, -0.1) is 0 Å². The summed E-state index contributed by atoms with van der Waals surface area (Å²) in [5.74, 6) is 0.382. The first-order valence-electron chi connectivity index (χ1n) is 6.84. The van der Waals surface area contributed by atoms with Gasteiger partial charge in [-0.25, -0.2) is 5.43 Å². The Morgan fingerprint density at radius 3 is 2.55 bits per heavy atom. The molecule has 1 N–H and O–H groups in total. The number of carbonyl (C=O) groups excluding carboxylic acids is 1. The normalized spacial score (nSPS) is 11.1. The topological polar surface area (TPSA) is 50.7 Å². The molecule has 0 bridgehead atoms. The molecular formula is C17H17ClN2O2. The van der Waals surface area contributed by atoms with E-state index in [0.29, 0.717) is 16.5 Å². The van der Waals surface area contributed by atoms with E-state index in [1.165, 1.54) is 0 Å². The van der Waals surface area contributed by atoms with Gasteiger partial charge in [-0.1, -0.05) is 41.9 Å². The minimum atomic E-state index is -0.309. The molecule has 0 heterocycles. The molecule has 0 aliphatic carbocycles. The highest BCUT2D eigenvalue weighted by Crippen LogP contribution is 2.15. The Bertz CT molecular complexity index is 681. The quantitative estimate of drug-likeness (QED) is 0.677. The highest BCUT2D eigenvalue weighted by molar-refractivity contribution is 6.30. The Kier molecular flexibility index (Phi) is 5.55. The zero-order chi connectivity index (χ0) is 15.9. The number of amides is 1. The molecule has 1 amide bonds. The second-order valence-corrected chi connectivity index (χ2v) is 5.23. The van der Waals surface area contributed by atoms with Crippen LogP contribution in [0.2, 0.25) is 5.02 Å². The van der Waals surface area contributed by atoms with E-state index < -0.39 is 0 Å². The highest BCUT2D eigenvalue weighted by atomic mass is 35.5. The van der Waals surface area contributed by atoms with Crippen LogP contribution in [0.3, 0.4) is 0 Å². The number of rotatable bonds is 5. The van der Waals surface area contributed by atoms with Gasteiger partial charge in [0.15, 0.2) is 6.61 Å². The van der Waals surface area contributed by atoms with Crippen molar-refractivity contribution in [2.24, 2.45) is 5.10 Å². The Morgan fingerprint density at radius 2 is 1.86 bits per heavy atom. The molecule has 22 heavy (non-hydrogen) atoms. The smallest absolute Gasteiger partial charge is 0.277 e. The lowest BCUT2D eigenvalue weighted by Crippen LogP contribution is -2.25. The molecule has 0 aliphatic heterocycles. The molecule has 0 aliphatic rings. The number of nitrogens with one attached hydrogen (secondary N) is 1. The van der Waals surface area contributed by atoms with Crippen LogP contribution in [0.25, 0.3) is 0 Å². The molecule has 0 saturated heterocycles. The molecule has 0 radical (unpaired) electrons. The number of carbonyl (C=O) groups is 1. The number of hydrogen-bond donors (Lipinski definition) is 1. The molecule has 0 unspecified atom stereocenters. The predicted octanol–water partition coefficient (Wildman–Crippen LogP) is 3.57. The third-order valence-electron chi connectivity index (χ3n) is 3.06. The molecule has 0 spiro atoms. The lowest BCUT2D eigenvalue weighted by molar-refractivity contribution is -0.123. The molecule has 2 aromatic carbocycles. The lowest BCUT2D eigenvalue weighted by Gasteiger charge is -2.08. The fourth-order valence-corrected chi connectivity index (χ4v) is 1.92. The van der Waals surface area contributed by atoms with Crippen LogP contribution in [-0.4, -0.2) is 18.2 Å². The van der Waals surface area contributed by atoms with Crippen LogP contribution in [-0.2, 0) is 4.79 Å². The molecule has 2 rings (SSSR count). The van der Waals surface area contributed by atoms with Crippen molar-refractivity contribution in [3.63, 3.8) is 0 Å². The summed E-state index contributed by atoms with van der Waals surface area (Å²) in [6.07, 6.45) is 0. The molecule has 5 heteroatoms. The SMILES string of the molecule is CC(=NNC(=O)COc1ccccc1C)c1ccc(Cl)cc1. The Hall–Kier alpha value is -2.33. The summed E-state index contributed by atoms with van der Waals surface area (Å²) >= 11 is 5.83. The van der Waals surface area contributed by atoms with Crippen molar-refractivity contribution in [3.8, 4) is 5.75 Å². The fourth-order valence-electron chi connectivity index (χ4n) is 1.80. The maximum atomic E-state index is 11.8. The van der Waals surface area contributed by atoms with E-state index >= 15 is 0 Å². The maximum absolute atomic E-state index is 11.8. The molecule has 0 aromatic heterocycles. The van der Waals surface area contributed by atoms with Crippen LogP contribution < -0.4 is 10.2 Å². The third-order valence-corrected chi connectivity index (χ3v) is 3.31. The summed E-state index contributed by atoms with van der Waals surface area (Å²) in [5, 5.41) is 4.71. The summed E-state index contributed by atoms with van der Waals surface area (Å²) in [6.45, 7) is 3.66. The van der Waals surface area contributed by atoms with E-state index in [1.807, 2.05) is 50.2 Å². The van der Waals surface area contributed by atoms with Gasteiger partial charge in [0.2, 0.25) is 0 Å². The van der Waals surface area contributed by atoms with E-state index in [1.54, 1.807) is 12.1 Å². The summed E-state index contributed by atoms with van der Waals surface area (Å²) in [7, 11) is 0. The Balaban J connectivity index is 1.88. The highest BCUT2D eigenvalue weighted by Gasteiger charge is 2.04. The molecule has 114 valence electrons. The van der Waals surface area contributed by atoms with Gasteiger partial charge in [0.05, 0.1) is 5.71 Å². The van der Waals surface area contributed by atoms with Gasteiger partial charge < -0.3 is 4.74 Å². The molecule has 4 nitrogen and oxygen atoms in total. The van der Waals surface area contributed by atoms with Crippen LogP contribution in [0, 0.1) is 6.92 Å². The Morgan fingerprint density at radius 1 is 1.18 bits per heavy atom. The van der Waals surface area contributed by atoms with E-state index in [0.717, 1.165) is 11.1 Å². The standard InChI is InChI=1S/C17H17ClN2O2/c1-12-5-3-4-6-16(12)22-11-17(21)20-19-13(2)14-7-9-15(18)10-8-14/h3-10H,11H2,1-2H3,(H,20,21). The van der Waals surface area contributed by atoms with E-state index in [4.69, 9.17) is 16.3 Å². The molecule has 0 atom stereocenters. The van der Waals surface area contributed by atoms with Crippen molar-refractivity contribution in [2.75, 3.05) is 6.61 Å². The van der Waals surface area contributed by atoms with Gasteiger partial charge in [0.25, 0.3) is 5.91 Å². The largest absolute Gasteiger partial charge is 0.483 e. The lowest BCUT2D eigenvalue weighted by atomic mass is 10.1. The van der Waals surface area contributed by atoms with Crippen LogP contribution in [0.1, 0.15) is 18.1 Å². The monoisotopic (exact) mass is 316 g/mol. The summed E-state index contributed by atoms with van der Waals surface area (Å²) in [5.41, 5.74) is 5.05. The number of nitrogens with zero attached hydrogens (tertiary/aromatic N) is 1. The van der Waals surface area contributed by atoms with Crippen molar-refractivity contribution in [3.05, 3.63) is 64.7 Å². The molecule has 0 saturated carbocycles. The zero-order valence-corrected chi connectivity index (χ0v) is 13.2. The Labute approximate surface area is 134 Å². The first kappa shape index (κ1) is 16.0. The average molecular weight is 317 g/mol. The summed E-state index contributed by atoms with van der Waals surface area (Å²) < 4.78 is 5.45. The van der Waals surface area contributed by atoms with Crippen LogP contribution in [0.4, 0.5) is 0 Å². The number of hydrogen-bond acceptors (Lipinski definition) is 3. The van der Waals surface area contributed by atoms with E-state index in [-0.39, 0.29) is 12.5 Å². The number of halogens is 1. The second kappa shape index (κ2) is 7.61. The minimum absolute atomic E-state index is 0.0811.